The van der Waals surface area contributed by atoms with E-state index in [0.717, 1.165) is 42.5 Å². The number of nitrogens with zero attached hydrogens (tertiary/aromatic N) is 3. The fraction of sp³-hybridized carbons (Fsp3) is 0.333. The first kappa shape index (κ1) is 16.8. The molecule has 1 aromatic heterocycles. The summed E-state index contributed by atoms with van der Waals surface area (Å²) in [6.45, 7) is 1.62. The fourth-order valence-electron chi connectivity index (χ4n) is 3.17. The molecular formula is C18H19N5O2S. The Labute approximate surface area is 155 Å². The molecule has 0 aliphatic carbocycles. The summed E-state index contributed by atoms with van der Waals surface area (Å²) in [6, 6.07) is 7.38. The first-order valence-corrected chi connectivity index (χ1v) is 9.57. The Bertz CT molecular complexity index is 822. The van der Waals surface area contributed by atoms with Crippen molar-refractivity contribution in [3.05, 3.63) is 42.2 Å². The zero-order valence-electron chi connectivity index (χ0n) is 14.1. The molecule has 1 fully saturated rings. The van der Waals surface area contributed by atoms with Crippen LogP contribution in [-0.4, -0.2) is 46.7 Å². The number of nitrogens with one attached hydrogen (secondary N) is 2. The molecule has 0 spiro atoms. The third-order valence-corrected chi connectivity index (χ3v) is 5.61. The van der Waals surface area contributed by atoms with Gasteiger partial charge >= 0.3 is 0 Å². The summed E-state index contributed by atoms with van der Waals surface area (Å²) in [5.74, 6) is 1.02. The standard InChI is InChI=1S/C18H19N5O2S/c24-16-11-26-15-3-2-12(10-14(15)22-16)17(25)21-13-4-8-23(9-5-13)18-19-6-1-7-20-18/h1-3,6-7,10,13H,4-5,8-9,11H2,(H,21,25)(H,22,24). The van der Waals surface area contributed by atoms with Crippen LogP contribution in [0.4, 0.5) is 11.6 Å². The molecule has 26 heavy (non-hydrogen) atoms. The molecule has 2 aromatic rings. The smallest absolute Gasteiger partial charge is 0.251 e. The van der Waals surface area contributed by atoms with Crippen LogP contribution in [0.5, 0.6) is 0 Å². The number of piperidine rings is 1. The molecule has 2 aliphatic rings. The molecule has 2 N–H and O–H groups in total. The number of aromatic nitrogens is 2. The lowest BCUT2D eigenvalue weighted by atomic mass is 10.0. The van der Waals surface area contributed by atoms with Crippen molar-refractivity contribution in [2.45, 2.75) is 23.8 Å². The maximum Gasteiger partial charge on any atom is 0.251 e. The highest BCUT2D eigenvalue weighted by Crippen LogP contribution is 2.32. The second kappa shape index (κ2) is 7.33. The van der Waals surface area contributed by atoms with Crippen molar-refractivity contribution >= 4 is 35.2 Å². The van der Waals surface area contributed by atoms with Gasteiger partial charge < -0.3 is 15.5 Å². The molecule has 8 heteroatoms. The number of thioether (sulfide) groups is 1. The number of fused-ring (bicyclic) bond motifs is 1. The predicted octanol–water partition coefficient (Wildman–Crippen LogP) is 1.92. The highest BCUT2D eigenvalue weighted by molar-refractivity contribution is 8.00. The lowest BCUT2D eigenvalue weighted by Gasteiger charge is -2.32. The molecule has 4 rings (SSSR count). The van der Waals surface area contributed by atoms with Crippen LogP contribution < -0.4 is 15.5 Å². The zero-order valence-corrected chi connectivity index (χ0v) is 15.0. The summed E-state index contributed by atoms with van der Waals surface area (Å²) in [7, 11) is 0. The highest BCUT2D eigenvalue weighted by atomic mass is 32.2. The van der Waals surface area contributed by atoms with Gasteiger partial charge in [0.15, 0.2) is 0 Å². The molecule has 1 aromatic carbocycles. The Balaban J connectivity index is 1.36. The molecule has 2 amide bonds. The Morgan fingerprint density at radius 2 is 2.00 bits per heavy atom. The number of rotatable bonds is 3. The minimum Gasteiger partial charge on any atom is -0.349 e. The number of hydrogen-bond donors (Lipinski definition) is 2. The van der Waals surface area contributed by atoms with Crippen LogP contribution in [0.15, 0.2) is 41.6 Å². The zero-order chi connectivity index (χ0) is 17.9. The van der Waals surface area contributed by atoms with E-state index in [9.17, 15) is 9.59 Å². The molecule has 0 bridgehead atoms. The number of anilines is 2. The number of carbonyl (C=O) groups is 2. The maximum atomic E-state index is 12.6. The summed E-state index contributed by atoms with van der Waals surface area (Å²) < 4.78 is 0. The molecule has 134 valence electrons. The Morgan fingerprint density at radius 3 is 2.77 bits per heavy atom. The van der Waals surface area contributed by atoms with E-state index in [2.05, 4.69) is 25.5 Å². The maximum absolute atomic E-state index is 12.6. The quantitative estimate of drug-likeness (QED) is 0.860. The van der Waals surface area contributed by atoms with Crippen molar-refractivity contribution in [1.29, 1.82) is 0 Å². The van der Waals surface area contributed by atoms with Crippen LogP contribution in [0, 0.1) is 0 Å². The predicted molar refractivity (Wildman–Crippen MR) is 101 cm³/mol. The first-order chi connectivity index (χ1) is 12.7. The average Bonchev–Trinajstić information content (AvgIpc) is 2.68. The highest BCUT2D eigenvalue weighted by Gasteiger charge is 2.23. The van der Waals surface area contributed by atoms with Gasteiger partial charge in [-0.25, -0.2) is 9.97 Å². The van der Waals surface area contributed by atoms with Crippen molar-refractivity contribution in [3.63, 3.8) is 0 Å². The van der Waals surface area contributed by atoms with Gasteiger partial charge in [-0.15, -0.1) is 11.8 Å². The second-order valence-electron chi connectivity index (χ2n) is 6.33. The van der Waals surface area contributed by atoms with E-state index in [1.54, 1.807) is 24.5 Å². The lowest BCUT2D eigenvalue weighted by Crippen LogP contribution is -2.45. The van der Waals surface area contributed by atoms with Gasteiger partial charge in [0.2, 0.25) is 11.9 Å². The van der Waals surface area contributed by atoms with Gasteiger partial charge in [-0.2, -0.15) is 0 Å². The van der Waals surface area contributed by atoms with Crippen molar-refractivity contribution in [2.24, 2.45) is 0 Å². The van der Waals surface area contributed by atoms with Gasteiger partial charge in [-0.05, 0) is 37.1 Å². The largest absolute Gasteiger partial charge is 0.349 e. The molecule has 3 heterocycles. The number of amides is 2. The molecule has 1 saturated heterocycles. The molecule has 0 saturated carbocycles. The van der Waals surface area contributed by atoms with E-state index < -0.39 is 0 Å². The minimum absolute atomic E-state index is 0.0319. The van der Waals surface area contributed by atoms with Crippen molar-refractivity contribution in [3.8, 4) is 0 Å². The third-order valence-electron chi connectivity index (χ3n) is 4.54. The van der Waals surface area contributed by atoms with Crippen molar-refractivity contribution in [1.82, 2.24) is 15.3 Å². The number of carbonyl (C=O) groups excluding carboxylic acids is 2. The molecule has 0 radical (unpaired) electrons. The van der Waals surface area contributed by atoms with Gasteiger partial charge in [0, 0.05) is 42.0 Å². The third kappa shape index (κ3) is 3.65. The van der Waals surface area contributed by atoms with Gasteiger partial charge in [0.1, 0.15) is 0 Å². The van der Waals surface area contributed by atoms with E-state index in [1.165, 1.54) is 11.8 Å². The molecule has 2 aliphatic heterocycles. The van der Waals surface area contributed by atoms with Crippen molar-refractivity contribution in [2.75, 3.05) is 29.1 Å². The lowest BCUT2D eigenvalue weighted by molar-refractivity contribution is -0.113. The number of benzene rings is 1. The van der Waals surface area contributed by atoms with Gasteiger partial charge in [-0.1, -0.05) is 0 Å². The van der Waals surface area contributed by atoms with Crippen LogP contribution in [0.2, 0.25) is 0 Å². The topological polar surface area (TPSA) is 87.2 Å². The molecule has 7 nitrogen and oxygen atoms in total. The van der Waals surface area contributed by atoms with E-state index in [4.69, 9.17) is 0 Å². The van der Waals surface area contributed by atoms with E-state index in [1.807, 2.05) is 12.1 Å². The van der Waals surface area contributed by atoms with Crippen LogP contribution >= 0.6 is 11.8 Å². The van der Waals surface area contributed by atoms with Crippen LogP contribution in [0.1, 0.15) is 23.2 Å². The summed E-state index contributed by atoms with van der Waals surface area (Å²) in [5.41, 5.74) is 1.29. The molecule has 0 atom stereocenters. The Hall–Kier alpha value is -2.61. The van der Waals surface area contributed by atoms with Gasteiger partial charge in [0.25, 0.3) is 5.91 Å². The van der Waals surface area contributed by atoms with E-state index in [-0.39, 0.29) is 17.9 Å². The molecule has 0 unspecified atom stereocenters. The number of hydrogen-bond acceptors (Lipinski definition) is 6. The normalized spacial score (nSPS) is 17.4. The fourth-order valence-corrected chi connectivity index (χ4v) is 3.96. The molecular weight excluding hydrogens is 350 g/mol. The van der Waals surface area contributed by atoms with E-state index in [0.29, 0.717) is 11.3 Å². The minimum atomic E-state index is -0.105. The van der Waals surface area contributed by atoms with Crippen LogP contribution in [0.25, 0.3) is 0 Å². The SMILES string of the molecule is O=C1CSc2ccc(C(=O)NC3CCN(c4ncccn4)CC3)cc2N1. The monoisotopic (exact) mass is 369 g/mol. The van der Waals surface area contributed by atoms with Gasteiger partial charge in [0.05, 0.1) is 11.4 Å². The summed E-state index contributed by atoms with van der Waals surface area (Å²) >= 11 is 1.49. The van der Waals surface area contributed by atoms with Crippen LogP contribution in [0.3, 0.4) is 0 Å². The van der Waals surface area contributed by atoms with Crippen molar-refractivity contribution < 1.29 is 9.59 Å². The Kier molecular flexibility index (Phi) is 4.75. The van der Waals surface area contributed by atoms with E-state index >= 15 is 0 Å². The summed E-state index contributed by atoms with van der Waals surface area (Å²) in [6.07, 6.45) is 5.18. The van der Waals surface area contributed by atoms with Gasteiger partial charge in [-0.3, -0.25) is 9.59 Å². The average molecular weight is 369 g/mol. The summed E-state index contributed by atoms with van der Waals surface area (Å²) in [4.78, 5) is 35.8. The van der Waals surface area contributed by atoms with Crippen LogP contribution in [-0.2, 0) is 4.79 Å². The summed E-state index contributed by atoms with van der Waals surface area (Å²) in [5, 5.41) is 5.92. The Morgan fingerprint density at radius 1 is 1.23 bits per heavy atom. The first-order valence-electron chi connectivity index (χ1n) is 8.58. The second-order valence-corrected chi connectivity index (χ2v) is 7.35.